The lowest BCUT2D eigenvalue weighted by molar-refractivity contribution is -0.147. The molecule has 1 aromatic carbocycles. The number of hydrogen-bond acceptors (Lipinski definition) is 8. The zero-order valence-electron chi connectivity index (χ0n) is 18.4. The maximum absolute atomic E-state index is 12.3. The van der Waals surface area contributed by atoms with E-state index in [0.29, 0.717) is 22.2 Å². The van der Waals surface area contributed by atoms with Crippen LogP contribution in [-0.4, -0.2) is 36.5 Å². The molecule has 33 heavy (non-hydrogen) atoms. The average molecular weight is 469 g/mol. The van der Waals surface area contributed by atoms with Crippen LogP contribution in [0.25, 0.3) is 11.3 Å². The number of oxazole rings is 1. The monoisotopic (exact) mass is 468 g/mol. The summed E-state index contributed by atoms with van der Waals surface area (Å²) in [6.07, 6.45) is 4.55. The van der Waals surface area contributed by atoms with Crippen molar-refractivity contribution in [2.75, 3.05) is 19.0 Å². The van der Waals surface area contributed by atoms with Gasteiger partial charge in [-0.2, -0.15) is 0 Å². The van der Waals surface area contributed by atoms with E-state index in [2.05, 4.69) is 10.3 Å². The number of aryl methyl sites for hydroxylation is 3. The van der Waals surface area contributed by atoms with Crippen molar-refractivity contribution in [2.45, 2.75) is 39.0 Å². The zero-order chi connectivity index (χ0) is 23.4. The molecule has 172 valence electrons. The highest BCUT2D eigenvalue weighted by Gasteiger charge is 2.28. The minimum Gasteiger partial charge on any atom is -0.465 e. The summed E-state index contributed by atoms with van der Waals surface area (Å²) in [5, 5.41) is 3.12. The molecule has 0 atom stereocenters. The molecular weight excluding hydrogens is 444 g/mol. The summed E-state index contributed by atoms with van der Waals surface area (Å²) in [6, 6.07) is 7.86. The van der Waals surface area contributed by atoms with Gasteiger partial charge in [0.1, 0.15) is 5.00 Å². The molecule has 4 rings (SSSR count). The Labute approximate surface area is 194 Å². The number of carbonyl (C=O) groups is 3. The van der Waals surface area contributed by atoms with Crippen molar-refractivity contribution >= 4 is 34.2 Å². The van der Waals surface area contributed by atoms with E-state index in [1.165, 1.54) is 18.4 Å². The summed E-state index contributed by atoms with van der Waals surface area (Å²) in [5.41, 5.74) is 3.40. The van der Waals surface area contributed by atoms with Crippen LogP contribution in [0.15, 0.2) is 34.9 Å². The number of ether oxygens (including phenoxy) is 2. The predicted octanol–water partition coefficient (Wildman–Crippen LogP) is 4.10. The van der Waals surface area contributed by atoms with Gasteiger partial charge in [-0.15, -0.1) is 11.3 Å². The van der Waals surface area contributed by atoms with E-state index in [1.807, 2.05) is 31.2 Å². The molecule has 0 unspecified atom stereocenters. The van der Waals surface area contributed by atoms with Gasteiger partial charge in [-0.1, -0.05) is 29.8 Å². The number of rotatable bonds is 8. The third-order valence-corrected chi connectivity index (χ3v) is 6.57. The molecule has 2 heterocycles. The summed E-state index contributed by atoms with van der Waals surface area (Å²) < 4.78 is 15.6. The summed E-state index contributed by atoms with van der Waals surface area (Å²) in [7, 11) is 1.31. The van der Waals surface area contributed by atoms with Gasteiger partial charge in [0, 0.05) is 16.9 Å². The van der Waals surface area contributed by atoms with Gasteiger partial charge in [-0.25, -0.2) is 9.78 Å². The van der Waals surface area contributed by atoms with Crippen LogP contribution < -0.4 is 5.32 Å². The number of hydrogen-bond donors (Lipinski definition) is 1. The molecule has 8 nitrogen and oxygen atoms in total. The maximum Gasteiger partial charge on any atom is 0.341 e. The molecule has 1 aliphatic carbocycles. The van der Waals surface area contributed by atoms with E-state index < -0.39 is 24.5 Å². The summed E-state index contributed by atoms with van der Waals surface area (Å²) in [4.78, 5) is 41.8. The topological polar surface area (TPSA) is 108 Å². The number of nitrogens with one attached hydrogen (secondary N) is 1. The Morgan fingerprint density at radius 3 is 2.73 bits per heavy atom. The van der Waals surface area contributed by atoms with Gasteiger partial charge in [0.05, 0.1) is 25.3 Å². The minimum absolute atomic E-state index is 0.0296. The molecule has 1 N–H and O–H groups in total. The smallest absolute Gasteiger partial charge is 0.341 e. The first kappa shape index (κ1) is 22.7. The van der Waals surface area contributed by atoms with Crippen molar-refractivity contribution in [3.63, 3.8) is 0 Å². The third-order valence-electron chi connectivity index (χ3n) is 5.36. The number of carbonyl (C=O) groups excluding carboxylic acids is 3. The number of nitrogens with zero attached hydrogens (tertiary/aromatic N) is 1. The van der Waals surface area contributed by atoms with Gasteiger partial charge < -0.3 is 19.2 Å². The van der Waals surface area contributed by atoms with E-state index in [9.17, 15) is 14.4 Å². The lowest BCUT2D eigenvalue weighted by Gasteiger charge is -2.07. The zero-order valence-corrected chi connectivity index (χ0v) is 19.3. The molecule has 3 aromatic rings. The Balaban J connectivity index is 1.26. The third kappa shape index (κ3) is 5.31. The second-order valence-corrected chi connectivity index (χ2v) is 8.85. The Hall–Kier alpha value is -3.46. The van der Waals surface area contributed by atoms with Gasteiger partial charge in [0.15, 0.2) is 18.3 Å². The van der Waals surface area contributed by atoms with Crippen molar-refractivity contribution in [1.82, 2.24) is 4.98 Å². The van der Waals surface area contributed by atoms with Crippen molar-refractivity contribution in [2.24, 2.45) is 0 Å². The summed E-state index contributed by atoms with van der Waals surface area (Å²) >= 11 is 1.37. The minimum atomic E-state index is -0.540. The molecule has 1 aliphatic rings. The Morgan fingerprint density at radius 1 is 1.18 bits per heavy atom. The maximum atomic E-state index is 12.3. The molecule has 0 spiro atoms. The normalized spacial score (nSPS) is 12.3. The number of aromatic nitrogens is 1. The van der Waals surface area contributed by atoms with Crippen molar-refractivity contribution in [3.8, 4) is 11.3 Å². The second-order valence-electron chi connectivity index (χ2n) is 7.75. The van der Waals surface area contributed by atoms with Crippen LogP contribution in [-0.2, 0) is 38.3 Å². The number of esters is 2. The number of methoxy groups -OCH3 is 1. The fraction of sp³-hybridized carbons (Fsp3) is 0.333. The SMILES string of the molecule is COC(=O)c1c(NC(=O)COC(=O)CCc2ncc(-c3ccc(C)cc3)o2)sc2c1CCC2. The lowest BCUT2D eigenvalue weighted by Crippen LogP contribution is -2.21. The first-order valence-corrected chi connectivity index (χ1v) is 11.5. The van der Waals surface area contributed by atoms with Crippen LogP contribution in [0, 0.1) is 6.92 Å². The summed E-state index contributed by atoms with van der Waals surface area (Å²) in [6.45, 7) is 1.56. The molecule has 0 radical (unpaired) electrons. The first-order chi connectivity index (χ1) is 15.9. The largest absolute Gasteiger partial charge is 0.465 e. The predicted molar refractivity (Wildman–Crippen MR) is 122 cm³/mol. The molecule has 2 aromatic heterocycles. The second kappa shape index (κ2) is 9.99. The van der Waals surface area contributed by atoms with E-state index >= 15 is 0 Å². The van der Waals surface area contributed by atoms with Gasteiger partial charge >= 0.3 is 11.9 Å². The number of benzene rings is 1. The number of amides is 1. The van der Waals surface area contributed by atoms with Gasteiger partial charge in [0.25, 0.3) is 5.91 Å². The standard InChI is InChI=1S/C24H24N2O6S/c1-14-6-8-15(9-7-14)17-12-25-20(32-17)10-11-21(28)31-13-19(27)26-23-22(24(29)30-2)16-4-3-5-18(16)33-23/h6-9,12H,3-5,10-11,13H2,1-2H3,(H,26,27). The quantitative estimate of drug-likeness (QED) is 0.496. The molecule has 0 fully saturated rings. The Bertz CT molecular complexity index is 1180. The van der Waals surface area contributed by atoms with Crippen LogP contribution in [0.3, 0.4) is 0 Å². The molecule has 0 bridgehead atoms. The van der Waals surface area contributed by atoms with Crippen molar-refractivity contribution < 1.29 is 28.3 Å². The highest BCUT2D eigenvalue weighted by Crippen LogP contribution is 2.39. The van der Waals surface area contributed by atoms with E-state index in [1.54, 1.807) is 6.20 Å². The van der Waals surface area contributed by atoms with Crippen LogP contribution in [0.4, 0.5) is 5.00 Å². The van der Waals surface area contributed by atoms with Crippen LogP contribution in [0.2, 0.25) is 0 Å². The fourth-order valence-electron chi connectivity index (χ4n) is 3.68. The van der Waals surface area contributed by atoms with E-state index in [0.717, 1.165) is 40.8 Å². The Morgan fingerprint density at radius 2 is 1.97 bits per heavy atom. The molecule has 9 heteroatoms. The van der Waals surface area contributed by atoms with Crippen molar-refractivity contribution in [3.05, 3.63) is 57.9 Å². The van der Waals surface area contributed by atoms with Crippen LogP contribution in [0.5, 0.6) is 0 Å². The molecule has 0 saturated heterocycles. The number of fused-ring (bicyclic) bond motifs is 1. The molecule has 1 amide bonds. The highest BCUT2D eigenvalue weighted by atomic mass is 32.1. The lowest BCUT2D eigenvalue weighted by atomic mass is 10.1. The van der Waals surface area contributed by atoms with Crippen LogP contribution in [0.1, 0.15) is 45.1 Å². The first-order valence-electron chi connectivity index (χ1n) is 10.6. The Kier molecular flexibility index (Phi) is 6.88. The fourth-order valence-corrected chi connectivity index (χ4v) is 4.97. The molecule has 0 saturated carbocycles. The van der Waals surface area contributed by atoms with Crippen LogP contribution >= 0.6 is 11.3 Å². The molecular formula is C24H24N2O6S. The van der Waals surface area contributed by atoms with E-state index in [4.69, 9.17) is 13.9 Å². The van der Waals surface area contributed by atoms with Crippen molar-refractivity contribution in [1.29, 1.82) is 0 Å². The van der Waals surface area contributed by atoms with Gasteiger partial charge in [-0.3, -0.25) is 9.59 Å². The summed E-state index contributed by atoms with van der Waals surface area (Å²) in [5.74, 6) is -0.476. The van der Waals surface area contributed by atoms with E-state index in [-0.39, 0.29) is 12.8 Å². The van der Waals surface area contributed by atoms with Gasteiger partial charge in [-0.05, 0) is 31.7 Å². The highest BCUT2D eigenvalue weighted by molar-refractivity contribution is 7.17. The average Bonchev–Trinajstić information content (AvgIpc) is 3.53. The van der Waals surface area contributed by atoms with Gasteiger partial charge in [0.2, 0.25) is 0 Å². The number of anilines is 1. The molecule has 0 aliphatic heterocycles. The number of thiophene rings is 1.